The summed E-state index contributed by atoms with van der Waals surface area (Å²) in [7, 11) is 0. The third-order valence-corrected chi connectivity index (χ3v) is 5.95. The molecule has 4 rings (SSSR count). The van der Waals surface area contributed by atoms with E-state index in [0.29, 0.717) is 16.6 Å². The summed E-state index contributed by atoms with van der Waals surface area (Å²) >= 11 is 1.40. The largest absolute Gasteiger partial charge is 0.344 e. The number of nitrogens with zero attached hydrogens (tertiary/aromatic N) is 2. The van der Waals surface area contributed by atoms with Crippen LogP contribution >= 0.6 is 11.3 Å². The lowest BCUT2D eigenvalue weighted by molar-refractivity contribution is -0.127. The van der Waals surface area contributed by atoms with Crippen LogP contribution in [0, 0.1) is 0 Å². The molecule has 0 fully saturated rings. The molecule has 0 unspecified atom stereocenters. The van der Waals surface area contributed by atoms with Crippen LogP contribution in [0.4, 0.5) is 0 Å². The van der Waals surface area contributed by atoms with E-state index in [1.54, 1.807) is 0 Å². The second kappa shape index (κ2) is 9.06. The van der Waals surface area contributed by atoms with Gasteiger partial charge in [-0.15, -0.1) is 11.3 Å². The number of benzene rings is 2. The van der Waals surface area contributed by atoms with Crippen molar-refractivity contribution in [2.24, 2.45) is 0 Å². The first-order valence-corrected chi connectivity index (χ1v) is 10.8. The van der Waals surface area contributed by atoms with Crippen molar-refractivity contribution in [3.8, 4) is 11.1 Å². The van der Waals surface area contributed by atoms with Crippen molar-refractivity contribution in [3.05, 3.63) is 88.3 Å². The number of nitrogens with one attached hydrogen (secondary N) is 1. The maximum absolute atomic E-state index is 13.1. The van der Waals surface area contributed by atoms with E-state index in [4.69, 9.17) is 0 Å². The number of thiophene rings is 1. The van der Waals surface area contributed by atoms with E-state index in [0.717, 1.165) is 16.7 Å². The SMILES string of the molecule is CC(=O)[C@@H](Cc1ccccc1)NC(=O)Cn1cnc2scc(-c3ccccc3)c2c1=O. The Morgan fingerprint density at radius 2 is 1.74 bits per heavy atom. The number of Topliss-reactive ketones (excluding diaryl/α,β-unsaturated/α-hetero) is 1. The summed E-state index contributed by atoms with van der Waals surface area (Å²) in [6, 6.07) is 18.5. The zero-order valence-corrected chi connectivity index (χ0v) is 17.8. The Morgan fingerprint density at radius 3 is 2.42 bits per heavy atom. The van der Waals surface area contributed by atoms with Crippen molar-refractivity contribution < 1.29 is 9.59 Å². The van der Waals surface area contributed by atoms with Gasteiger partial charge in [0, 0.05) is 10.9 Å². The predicted octanol–water partition coefficient (Wildman–Crippen LogP) is 3.44. The molecule has 7 heteroatoms. The van der Waals surface area contributed by atoms with Gasteiger partial charge in [0.15, 0.2) is 5.78 Å². The highest BCUT2D eigenvalue weighted by atomic mass is 32.1. The number of carbonyl (C=O) groups is 2. The molecule has 2 aromatic heterocycles. The molecule has 0 saturated carbocycles. The van der Waals surface area contributed by atoms with Crippen LogP contribution in [0.2, 0.25) is 0 Å². The highest BCUT2D eigenvalue weighted by Crippen LogP contribution is 2.30. The molecule has 1 atom stereocenters. The molecular weight excluding hydrogens is 410 g/mol. The minimum atomic E-state index is -0.650. The van der Waals surface area contributed by atoms with Gasteiger partial charge in [-0.1, -0.05) is 60.7 Å². The average Bonchev–Trinajstić information content (AvgIpc) is 3.21. The Bertz CT molecular complexity index is 1280. The molecule has 0 aliphatic rings. The van der Waals surface area contributed by atoms with Gasteiger partial charge in [-0.2, -0.15) is 0 Å². The zero-order valence-electron chi connectivity index (χ0n) is 16.9. The van der Waals surface area contributed by atoms with E-state index in [-0.39, 0.29) is 17.9 Å². The quantitative estimate of drug-likeness (QED) is 0.486. The second-order valence-corrected chi connectivity index (χ2v) is 8.15. The number of ketones is 1. The molecule has 6 nitrogen and oxygen atoms in total. The first kappa shape index (κ1) is 20.7. The molecule has 1 N–H and O–H groups in total. The normalized spacial score (nSPS) is 11.9. The average molecular weight is 432 g/mol. The molecule has 0 aliphatic carbocycles. The van der Waals surface area contributed by atoms with E-state index in [2.05, 4.69) is 10.3 Å². The molecule has 0 bridgehead atoms. The smallest absolute Gasteiger partial charge is 0.263 e. The van der Waals surface area contributed by atoms with Crippen LogP contribution < -0.4 is 10.9 Å². The van der Waals surface area contributed by atoms with E-state index in [1.165, 1.54) is 29.2 Å². The number of hydrogen-bond acceptors (Lipinski definition) is 5. The first-order valence-electron chi connectivity index (χ1n) is 9.88. The zero-order chi connectivity index (χ0) is 21.8. The maximum Gasteiger partial charge on any atom is 0.263 e. The summed E-state index contributed by atoms with van der Waals surface area (Å²) in [5, 5.41) is 5.16. The Labute approximate surface area is 183 Å². The first-order chi connectivity index (χ1) is 15.0. The lowest BCUT2D eigenvalue weighted by Crippen LogP contribution is -2.43. The topological polar surface area (TPSA) is 81.1 Å². The Morgan fingerprint density at radius 1 is 1.06 bits per heavy atom. The van der Waals surface area contributed by atoms with Gasteiger partial charge in [-0.3, -0.25) is 19.0 Å². The third-order valence-electron chi connectivity index (χ3n) is 5.07. The molecule has 31 heavy (non-hydrogen) atoms. The Hall–Kier alpha value is -3.58. The van der Waals surface area contributed by atoms with Crippen LogP contribution in [0.15, 0.2) is 77.2 Å². The minimum absolute atomic E-state index is 0.137. The van der Waals surface area contributed by atoms with Gasteiger partial charge in [-0.05, 0) is 24.5 Å². The third kappa shape index (κ3) is 4.62. The number of aromatic nitrogens is 2. The molecule has 1 amide bonds. The standard InChI is InChI=1S/C24H21N3O3S/c1-16(28)20(12-17-8-4-2-5-9-17)26-21(29)13-27-15-25-23-22(24(27)30)19(14-31-23)18-10-6-3-7-11-18/h2-11,14-15,20H,12-13H2,1H3,(H,26,29)/t20-/m1/s1. The van der Waals surface area contributed by atoms with Crippen LogP contribution in [0.25, 0.3) is 21.3 Å². The molecule has 0 spiro atoms. The van der Waals surface area contributed by atoms with Crippen LogP contribution in [0.1, 0.15) is 12.5 Å². The molecule has 2 heterocycles. The molecule has 0 aliphatic heterocycles. The van der Waals surface area contributed by atoms with Gasteiger partial charge in [0.05, 0.1) is 17.8 Å². The summed E-state index contributed by atoms with van der Waals surface area (Å²) in [6.45, 7) is 1.25. The van der Waals surface area contributed by atoms with E-state index >= 15 is 0 Å². The fourth-order valence-electron chi connectivity index (χ4n) is 3.45. The molecule has 2 aromatic carbocycles. The summed E-state index contributed by atoms with van der Waals surface area (Å²) in [5.74, 6) is -0.543. The second-order valence-electron chi connectivity index (χ2n) is 7.29. The number of hydrogen-bond donors (Lipinski definition) is 1. The predicted molar refractivity (Wildman–Crippen MR) is 122 cm³/mol. The van der Waals surface area contributed by atoms with Crippen molar-refractivity contribution in [2.75, 3.05) is 0 Å². The number of fused-ring (bicyclic) bond motifs is 1. The molecule has 0 saturated heterocycles. The van der Waals surface area contributed by atoms with Gasteiger partial charge in [0.1, 0.15) is 11.4 Å². The molecule has 156 valence electrons. The maximum atomic E-state index is 13.1. The van der Waals surface area contributed by atoms with Crippen LogP contribution in [0.5, 0.6) is 0 Å². The van der Waals surface area contributed by atoms with Crippen molar-refractivity contribution in [1.29, 1.82) is 0 Å². The van der Waals surface area contributed by atoms with Gasteiger partial charge in [-0.25, -0.2) is 4.98 Å². The molecular formula is C24H21N3O3S. The van der Waals surface area contributed by atoms with Crippen molar-refractivity contribution in [2.45, 2.75) is 25.9 Å². The Balaban J connectivity index is 1.56. The van der Waals surface area contributed by atoms with Crippen LogP contribution in [-0.4, -0.2) is 27.3 Å². The summed E-state index contributed by atoms with van der Waals surface area (Å²) in [6.07, 6.45) is 1.78. The number of carbonyl (C=O) groups excluding carboxylic acids is 2. The molecule has 0 radical (unpaired) electrons. The summed E-state index contributed by atoms with van der Waals surface area (Å²) < 4.78 is 1.29. The number of rotatable bonds is 7. The lowest BCUT2D eigenvalue weighted by atomic mass is 10.0. The van der Waals surface area contributed by atoms with E-state index in [9.17, 15) is 14.4 Å². The Kier molecular flexibility index (Phi) is 6.04. The minimum Gasteiger partial charge on any atom is -0.344 e. The van der Waals surface area contributed by atoms with Gasteiger partial charge in [0.25, 0.3) is 5.56 Å². The van der Waals surface area contributed by atoms with Crippen LogP contribution in [0.3, 0.4) is 0 Å². The monoisotopic (exact) mass is 431 g/mol. The van der Waals surface area contributed by atoms with Gasteiger partial charge in [0.2, 0.25) is 5.91 Å². The summed E-state index contributed by atoms with van der Waals surface area (Å²) in [5.41, 5.74) is 2.41. The molecule has 4 aromatic rings. The number of amides is 1. The van der Waals surface area contributed by atoms with Crippen molar-refractivity contribution in [1.82, 2.24) is 14.9 Å². The van der Waals surface area contributed by atoms with Gasteiger partial charge < -0.3 is 5.32 Å². The lowest BCUT2D eigenvalue weighted by Gasteiger charge is -2.16. The fraction of sp³-hybridized carbons (Fsp3) is 0.167. The summed E-state index contributed by atoms with van der Waals surface area (Å²) in [4.78, 5) is 42.8. The van der Waals surface area contributed by atoms with Crippen molar-refractivity contribution in [3.63, 3.8) is 0 Å². The van der Waals surface area contributed by atoms with E-state index < -0.39 is 11.9 Å². The highest BCUT2D eigenvalue weighted by molar-refractivity contribution is 7.17. The van der Waals surface area contributed by atoms with E-state index in [1.807, 2.05) is 66.0 Å². The van der Waals surface area contributed by atoms with Gasteiger partial charge >= 0.3 is 0 Å². The highest BCUT2D eigenvalue weighted by Gasteiger charge is 2.19. The fourth-order valence-corrected chi connectivity index (χ4v) is 4.36. The van der Waals surface area contributed by atoms with Crippen molar-refractivity contribution >= 4 is 33.2 Å². The van der Waals surface area contributed by atoms with Crippen LogP contribution in [-0.2, 0) is 22.6 Å².